The molecular weight excluding hydrogens is 324 g/mol. The van der Waals surface area contributed by atoms with Gasteiger partial charge < -0.3 is 10.2 Å². The van der Waals surface area contributed by atoms with E-state index in [0.29, 0.717) is 0 Å². The van der Waals surface area contributed by atoms with Crippen molar-refractivity contribution in [2.24, 2.45) is 0 Å². The van der Waals surface area contributed by atoms with Gasteiger partial charge in [0.2, 0.25) is 5.91 Å². The van der Waals surface area contributed by atoms with Crippen LogP contribution in [0, 0.1) is 0 Å². The number of nitrogens with zero attached hydrogens (tertiary/aromatic N) is 2. The van der Waals surface area contributed by atoms with Crippen LogP contribution in [-0.4, -0.2) is 35.2 Å². The number of hydrogen-bond acceptors (Lipinski definition) is 3. The van der Waals surface area contributed by atoms with Crippen molar-refractivity contribution in [3.05, 3.63) is 46.7 Å². The summed E-state index contributed by atoms with van der Waals surface area (Å²) in [5.74, 6) is 0.0809. The number of aromatic nitrogens is 2. The molecule has 0 bridgehead atoms. The van der Waals surface area contributed by atoms with E-state index < -0.39 is 0 Å². The Hall–Kier alpha value is -2.01. The number of hydrogen-bond donors (Lipinski definition) is 2. The van der Waals surface area contributed by atoms with Gasteiger partial charge in [0.25, 0.3) is 0 Å². The van der Waals surface area contributed by atoms with Crippen molar-refractivity contribution in [2.45, 2.75) is 37.6 Å². The van der Waals surface area contributed by atoms with Crippen LogP contribution in [0.4, 0.5) is 5.69 Å². The highest BCUT2D eigenvalue weighted by Gasteiger charge is 2.31. The molecule has 1 aliphatic heterocycles. The molecule has 1 aliphatic carbocycles. The average molecular weight is 345 g/mol. The van der Waals surface area contributed by atoms with E-state index in [4.69, 9.17) is 11.6 Å². The minimum Gasteiger partial charge on any atom is -0.369 e. The Bertz CT molecular complexity index is 727. The first-order valence-electron chi connectivity index (χ1n) is 8.54. The summed E-state index contributed by atoms with van der Waals surface area (Å²) >= 11 is 5.95. The number of carbonyl (C=O) groups excluding carboxylic acids is 1. The van der Waals surface area contributed by atoms with Crippen molar-refractivity contribution >= 4 is 23.2 Å². The monoisotopic (exact) mass is 344 g/mol. The maximum atomic E-state index is 12.7. The molecule has 1 aromatic carbocycles. The van der Waals surface area contributed by atoms with Gasteiger partial charge in [0, 0.05) is 41.1 Å². The molecule has 2 N–H and O–H groups in total. The van der Waals surface area contributed by atoms with Gasteiger partial charge in [-0.25, -0.2) is 0 Å². The number of anilines is 1. The molecule has 0 radical (unpaired) electrons. The van der Waals surface area contributed by atoms with Gasteiger partial charge >= 0.3 is 0 Å². The smallest absolute Gasteiger partial charge is 0.227 e. The van der Waals surface area contributed by atoms with Gasteiger partial charge in [-0.1, -0.05) is 11.6 Å². The second kappa shape index (κ2) is 6.48. The molecule has 2 aromatic rings. The lowest BCUT2D eigenvalue weighted by Gasteiger charge is -2.24. The van der Waals surface area contributed by atoms with Gasteiger partial charge in [0.15, 0.2) is 0 Å². The molecule has 2 heterocycles. The molecule has 0 saturated carbocycles. The summed E-state index contributed by atoms with van der Waals surface area (Å²) in [5, 5.41) is 11.1. The fraction of sp³-hybridized carbons (Fsp3) is 0.444. The van der Waals surface area contributed by atoms with Crippen molar-refractivity contribution in [3.8, 4) is 0 Å². The third-order valence-corrected chi connectivity index (χ3v) is 5.34. The Morgan fingerprint density at radius 1 is 1.29 bits per heavy atom. The van der Waals surface area contributed by atoms with E-state index in [1.807, 2.05) is 30.5 Å². The average Bonchev–Trinajstić information content (AvgIpc) is 3.24. The molecular formula is C18H21ClN4O. The van der Waals surface area contributed by atoms with Crippen LogP contribution < -0.4 is 10.2 Å². The minimum atomic E-state index is -0.0583. The molecule has 1 amide bonds. The zero-order valence-electron chi connectivity index (χ0n) is 13.5. The summed E-state index contributed by atoms with van der Waals surface area (Å²) in [6.45, 7) is 1.80. The second-order valence-electron chi connectivity index (χ2n) is 6.67. The van der Waals surface area contributed by atoms with E-state index in [0.717, 1.165) is 60.7 Å². The first-order valence-corrected chi connectivity index (χ1v) is 8.91. The van der Waals surface area contributed by atoms with Crippen LogP contribution in [0.5, 0.6) is 0 Å². The highest BCUT2D eigenvalue weighted by Crippen LogP contribution is 2.31. The number of amides is 1. The number of aryl methyl sites for hydroxylation is 1. The summed E-state index contributed by atoms with van der Waals surface area (Å²) in [6.07, 6.45) is 5.72. The van der Waals surface area contributed by atoms with Crippen LogP contribution in [0.25, 0.3) is 0 Å². The van der Waals surface area contributed by atoms with E-state index in [2.05, 4.69) is 20.4 Å². The molecule has 24 heavy (non-hydrogen) atoms. The Morgan fingerprint density at radius 3 is 2.96 bits per heavy atom. The number of aromatic amines is 1. The Balaban J connectivity index is 1.39. The van der Waals surface area contributed by atoms with Crippen molar-refractivity contribution < 1.29 is 4.79 Å². The molecule has 4 rings (SSSR count). The number of fused-ring (bicyclic) bond motifs is 1. The molecule has 6 heteroatoms. The SMILES string of the molecule is O=C(N[C@H]1CCN(c2ccc(Cl)cc2)C1)[C@H]1CCCc2[nH]ncc21. The predicted molar refractivity (Wildman–Crippen MR) is 94.5 cm³/mol. The topological polar surface area (TPSA) is 61.0 Å². The third kappa shape index (κ3) is 3.00. The van der Waals surface area contributed by atoms with Gasteiger partial charge in [-0.2, -0.15) is 5.10 Å². The van der Waals surface area contributed by atoms with Crippen LogP contribution in [0.15, 0.2) is 30.5 Å². The minimum absolute atomic E-state index is 0.0583. The van der Waals surface area contributed by atoms with E-state index >= 15 is 0 Å². The molecule has 1 saturated heterocycles. The van der Waals surface area contributed by atoms with Crippen molar-refractivity contribution in [1.82, 2.24) is 15.5 Å². The zero-order chi connectivity index (χ0) is 16.5. The molecule has 0 spiro atoms. The van der Waals surface area contributed by atoms with E-state index in [-0.39, 0.29) is 17.9 Å². The fourth-order valence-corrected chi connectivity index (χ4v) is 3.93. The van der Waals surface area contributed by atoms with Crippen LogP contribution in [0.1, 0.15) is 36.4 Å². The number of rotatable bonds is 3. The predicted octanol–water partition coefficient (Wildman–Crippen LogP) is 2.88. The Kier molecular flexibility index (Phi) is 4.19. The molecule has 1 aromatic heterocycles. The largest absolute Gasteiger partial charge is 0.369 e. The van der Waals surface area contributed by atoms with Crippen molar-refractivity contribution in [1.29, 1.82) is 0 Å². The summed E-state index contributed by atoms with van der Waals surface area (Å²) < 4.78 is 0. The molecule has 0 unspecified atom stereocenters. The van der Waals surface area contributed by atoms with E-state index in [1.54, 1.807) is 0 Å². The first-order chi connectivity index (χ1) is 11.7. The zero-order valence-corrected chi connectivity index (χ0v) is 14.2. The fourth-order valence-electron chi connectivity index (χ4n) is 3.80. The quantitative estimate of drug-likeness (QED) is 0.900. The highest BCUT2D eigenvalue weighted by atomic mass is 35.5. The van der Waals surface area contributed by atoms with Crippen molar-refractivity contribution in [2.75, 3.05) is 18.0 Å². The van der Waals surface area contributed by atoms with Gasteiger partial charge in [0.1, 0.15) is 0 Å². The first kappa shape index (κ1) is 15.5. The molecule has 2 atom stereocenters. The highest BCUT2D eigenvalue weighted by molar-refractivity contribution is 6.30. The molecule has 126 valence electrons. The van der Waals surface area contributed by atoms with Crippen LogP contribution in [0.2, 0.25) is 5.02 Å². The van der Waals surface area contributed by atoms with Crippen LogP contribution in [-0.2, 0) is 11.2 Å². The maximum Gasteiger partial charge on any atom is 0.227 e. The summed E-state index contributed by atoms with van der Waals surface area (Å²) in [4.78, 5) is 15.0. The lowest BCUT2D eigenvalue weighted by atomic mass is 9.86. The number of halogens is 1. The Morgan fingerprint density at radius 2 is 2.12 bits per heavy atom. The van der Waals surface area contributed by atoms with E-state index in [9.17, 15) is 4.79 Å². The molecule has 2 aliphatic rings. The van der Waals surface area contributed by atoms with Gasteiger partial charge in [-0.15, -0.1) is 0 Å². The molecule has 5 nitrogen and oxygen atoms in total. The number of H-pyrrole nitrogens is 1. The van der Waals surface area contributed by atoms with Gasteiger partial charge in [-0.3, -0.25) is 9.89 Å². The lowest BCUT2D eigenvalue weighted by molar-refractivity contribution is -0.123. The summed E-state index contributed by atoms with van der Waals surface area (Å²) in [5.41, 5.74) is 3.35. The summed E-state index contributed by atoms with van der Waals surface area (Å²) in [6, 6.07) is 8.08. The second-order valence-corrected chi connectivity index (χ2v) is 7.10. The van der Waals surface area contributed by atoms with Gasteiger partial charge in [-0.05, 0) is 49.9 Å². The van der Waals surface area contributed by atoms with Crippen LogP contribution in [0.3, 0.4) is 0 Å². The number of carbonyl (C=O) groups is 1. The Labute approximate surface area is 146 Å². The normalized spacial score (nSPS) is 23.1. The molecule has 1 fully saturated rings. The number of benzene rings is 1. The van der Waals surface area contributed by atoms with E-state index in [1.165, 1.54) is 0 Å². The van der Waals surface area contributed by atoms with Gasteiger partial charge in [0.05, 0.1) is 12.1 Å². The third-order valence-electron chi connectivity index (χ3n) is 5.09. The summed E-state index contributed by atoms with van der Waals surface area (Å²) in [7, 11) is 0. The number of nitrogens with one attached hydrogen (secondary N) is 2. The lowest BCUT2D eigenvalue weighted by Crippen LogP contribution is -2.40. The maximum absolute atomic E-state index is 12.7. The van der Waals surface area contributed by atoms with Crippen LogP contribution >= 0.6 is 11.6 Å². The van der Waals surface area contributed by atoms with Crippen molar-refractivity contribution in [3.63, 3.8) is 0 Å². The standard InChI is InChI=1S/C18H21ClN4O/c19-12-4-6-14(7-5-12)23-9-8-13(11-23)21-18(24)15-2-1-3-17-16(15)10-20-22-17/h4-7,10,13,15H,1-3,8-9,11H2,(H,20,22)(H,21,24)/t13-,15-/m0/s1.